The number of morpholine rings is 2. The van der Waals surface area contributed by atoms with Crippen LogP contribution in [0, 0.1) is 25.7 Å². The van der Waals surface area contributed by atoms with E-state index in [4.69, 9.17) is 40.5 Å². The number of anilines is 4. The summed E-state index contributed by atoms with van der Waals surface area (Å²) in [6.07, 6.45) is -1.45. The molecule has 21 heteroatoms. The van der Waals surface area contributed by atoms with Crippen molar-refractivity contribution >= 4 is 59.3 Å². The van der Waals surface area contributed by atoms with E-state index < -0.39 is 42.9 Å². The Labute approximate surface area is 457 Å². The van der Waals surface area contributed by atoms with Gasteiger partial charge in [-0.25, -0.2) is 19.6 Å². The van der Waals surface area contributed by atoms with Crippen molar-refractivity contribution in [3.05, 3.63) is 88.2 Å². The van der Waals surface area contributed by atoms with E-state index in [0.717, 1.165) is 122 Å². The fourth-order valence-electron chi connectivity index (χ4n) is 9.88. The number of aromatic nitrogens is 2. The molecule has 2 aromatic carbocycles. The van der Waals surface area contributed by atoms with Crippen LogP contribution in [0.15, 0.2) is 60.7 Å². The number of hydrogen-bond acceptors (Lipinski definition) is 12. The van der Waals surface area contributed by atoms with E-state index in [9.17, 15) is 27.9 Å². The molecular formula is C56H77BClF3N8O8. The van der Waals surface area contributed by atoms with Crippen molar-refractivity contribution in [3.63, 3.8) is 0 Å². The highest BCUT2D eigenvalue weighted by Crippen LogP contribution is 2.37. The number of nitrogens with zero attached hydrogens (tertiary/aromatic N) is 6. The van der Waals surface area contributed by atoms with Crippen LogP contribution in [0.25, 0.3) is 11.1 Å². The summed E-state index contributed by atoms with van der Waals surface area (Å²) in [7, 11) is -0.556. The third-order valence-corrected chi connectivity index (χ3v) is 15.4. The van der Waals surface area contributed by atoms with Crippen molar-refractivity contribution in [3.8, 4) is 11.1 Å². The average molecular weight is 1090 g/mol. The Kier molecular flexibility index (Phi) is 20.6. The summed E-state index contributed by atoms with van der Waals surface area (Å²) >= 11 is 6.03. The van der Waals surface area contributed by atoms with Crippen molar-refractivity contribution in [2.24, 2.45) is 11.8 Å². The first kappa shape index (κ1) is 59.4. The van der Waals surface area contributed by atoms with Gasteiger partial charge in [0.05, 0.1) is 37.6 Å². The van der Waals surface area contributed by atoms with Crippen LogP contribution in [-0.2, 0) is 31.6 Å². The van der Waals surface area contributed by atoms with Gasteiger partial charge >= 0.3 is 25.4 Å². The lowest BCUT2D eigenvalue weighted by Crippen LogP contribution is -2.41. The summed E-state index contributed by atoms with van der Waals surface area (Å²) in [4.78, 5) is 42.3. The predicted octanol–water partition coefficient (Wildman–Crippen LogP) is 8.90. The van der Waals surface area contributed by atoms with Crippen molar-refractivity contribution in [1.29, 1.82) is 0 Å². The topological polar surface area (TPSA) is 174 Å². The van der Waals surface area contributed by atoms with Crippen molar-refractivity contribution in [2.75, 3.05) is 112 Å². The van der Waals surface area contributed by atoms with E-state index in [1.54, 1.807) is 18.2 Å². The standard InChI is InChI=1S/C25H34N4O3.C20H28BF3N2O3.C11H15ClN2O2/c1-3-19-6-8-29(17-19)25(31)27-21-5-4-18(2)23(16-21)20-14-22(7-11-30)26-24(15-20)28-9-12-32-13-10-28;1-13-6-7-15(10-16(13)21-28-18(2,3)19(4,5)29-21)25-17(27)26-9-8-14(12-26)11-20(22,23)24;12-9-7-10(1-4-15)13-11(8-9)14-2-5-16-6-3-14/h4-5,14-16,19,30H,3,6-13,17H2,1-2H3,(H,27,31);6-7,10,14H,8-9,11-12H2,1-5H3,(H,25,27);7-8,15H,1-6H2/t19-;14-;/m10./s1. The quantitative estimate of drug-likeness (QED) is 0.0994. The summed E-state index contributed by atoms with van der Waals surface area (Å²) in [6, 6.07) is 18.9. The second kappa shape index (κ2) is 26.6. The van der Waals surface area contributed by atoms with E-state index >= 15 is 0 Å². The van der Waals surface area contributed by atoms with Crippen LogP contribution in [0.3, 0.4) is 0 Å². The first-order valence-electron chi connectivity index (χ1n) is 26.9. The number of halogens is 4. The van der Waals surface area contributed by atoms with Crippen LogP contribution in [0.2, 0.25) is 5.02 Å². The second-order valence-corrected chi connectivity index (χ2v) is 21.9. The number of ether oxygens (including phenoxy) is 2. The number of pyridine rings is 2. The van der Waals surface area contributed by atoms with Gasteiger partial charge in [0.25, 0.3) is 0 Å². The van der Waals surface area contributed by atoms with Crippen LogP contribution in [0.4, 0.5) is 45.8 Å². The lowest BCUT2D eigenvalue weighted by Gasteiger charge is -2.32. The van der Waals surface area contributed by atoms with E-state index in [-0.39, 0.29) is 25.8 Å². The minimum absolute atomic E-state index is 0.0274. The molecule has 16 nitrogen and oxygen atoms in total. The number of aliphatic hydroxyl groups excluding tert-OH is 2. The number of alkyl halides is 3. The Balaban J connectivity index is 0.000000177. The number of aliphatic hydroxyl groups is 2. The normalized spacial score (nSPS) is 20.1. The molecule has 5 saturated heterocycles. The molecule has 5 aliphatic rings. The maximum atomic E-state index is 12.8. The minimum atomic E-state index is -4.20. The molecule has 4 amide bonds. The highest BCUT2D eigenvalue weighted by atomic mass is 35.5. The van der Waals surface area contributed by atoms with Gasteiger partial charge in [-0.2, -0.15) is 13.2 Å². The fourth-order valence-corrected chi connectivity index (χ4v) is 10.1. The SMILES string of the molecule is CC[C@@H]1CCN(C(=O)Nc2ccc(C)c(-c3cc(CCO)nc(N4CCOCC4)c3)c2)C1.Cc1ccc(NC(=O)N2CC[C@@H](CC(F)(F)F)C2)cc1B1OC(C)(C)C(C)(C)O1.OCCc1cc(Cl)cc(N2CCOCC2)n1. The molecule has 2 aromatic heterocycles. The predicted molar refractivity (Wildman–Crippen MR) is 297 cm³/mol. The molecular weight excluding hydrogens is 1020 g/mol. The number of urea groups is 2. The molecule has 4 aromatic rings. The molecule has 77 heavy (non-hydrogen) atoms. The first-order valence-corrected chi connectivity index (χ1v) is 27.3. The molecule has 0 saturated carbocycles. The van der Waals surface area contributed by atoms with Crippen molar-refractivity contribution in [2.45, 2.75) is 104 Å². The van der Waals surface area contributed by atoms with Crippen LogP contribution in [-0.4, -0.2) is 159 Å². The van der Waals surface area contributed by atoms with Gasteiger partial charge < -0.3 is 59.2 Å². The van der Waals surface area contributed by atoms with Crippen molar-refractivity contribution in [1.82, 2.24) is 19.8 Å². The van der Waals surface area contributed by atoms with Crippen LogP contribution < -0.4 is 25.9 Å². The molecule has 0 aliphatic carbocycles. The maximum Gasteiger partial charge on any atom is 0.495 e. The highest BCUT2D eigenvalue weighted by Gasteiger charge is 2.52. The smallest absolute Gasteiger partial charge is 0.399 e. The molecule has 4 N–H and O–H groups in total. The number of aryl methyl sites for hydroxylation is 2. The first-order chi connectivity index (χ1) is 36.6. The van der Waals surface area contributed by atoms with Gasteiger partial charge in [0, 0.05) is 113 Å². The lowest BCUT2D eigenvalue weighted by molar-refractivity contribution is -0.143. The van der Waals surface area contributed by atoms with Gasteiger partial charge in [0.2, 0.25) is 0 Å². The number of carbonyl (C=O) groups is 2. The Morgan fingerprint density at radius 2 is 1.19 bits per heavy atom. The molecule has 0 unspecified atom stereocenters. The Morgan fingerprint density at radius 3 is 1.71 bits per heavy atom. The van der Waals surface area contributed by atoms with E-state index in [1.165, 1.54) is 4.90 Å². The van der Waals surface area contributed by atoms with Crippen LogP contribution >= 0.6 is 11.6 Å². The van der Waals surface area contributed by atoms with Gasteiger partial charge in [-0.05, 0) is 137 Å². The Hall–Kier alpha value is -5.22. The molecule has 0 spiro atoms. The third-order valence-electron chi connectivity index (χ3n) is 15.2. The molecule has 0 bridgehead atoms. The zero-order valence-corrected chi connectivity index (χ0v) is 46.4. The summed E-state index contributed by atoms with van der Waals surface area (Å²) < 4.78 is 60.7. The second-order valence-electron chi connectivity index (χ2n) is 21.5. The molecule has 5 aliphatic heterocycles. The fraction of sp³-hybridized carbons (Fsp3) is 0.571. The molecule has 5 fully saturated rings. The Bertz CT molecular complexity index is 2610. The van der Waals surface area contributed by atoms with Gasteiger partial charge in [-0.1, -0.05) is 42.6 Å². The lowest BCUT2D eigenvalue weighted by atomic mass is 9.76. The number of rotatable bonds is 12. The van der Waals surface area contributed by atoms with Crippen LogP contribution in [0.5, 0.6) is 0 Å². The number of likely N-dealkylation sites (tertiary alicyclic amines) is 2. The maximum absolute atomic E-state index is 12.8. The summed E-state index contributed by atoms with van der Waals surface area (Å²) in [6.45, 7) is 22.4. The minimum Gasteiger partial charge on any atom is -0.399 e. The summed E-state index contributed by atoms with van der Waals surface area (Å²) in [5, 5.41) is 24.9. The number of hydrogen-bond donors (Lipinski definition) is 4. The molecule has 420 valence electrons. The van der Waals surface area contributed by atoms with E-state index in [2.05, 4.69) is 45.3 Å². The molecule has 9 rings (SSSR count). The zero-order chi connectivity index (χ0) is 55.5. The number of benzene rings is 2. The van der Waals surface area contributed by atoms with Crippen LogP contribution in [0.1, 0.15) is 82.8 Å². The Morgan fingerprint density at radius 1 is 0.701 bits per heavy atom. The van der Waals surface area contributed by atoms with E-state index in [0.29, 0.717) is 55.6 Å². The monoisotopic (exact) mass is 1090 g/mol. The zero-order valence-electron chi connectivity index (χ0n) is 45.7. The largest absolute Gasteiger partial charge is 0.495 e. The number of carbonyl (C=O) groups excluding carboxylic acids is 2. The average Bonchev–Trinajstić information content (AvgIpc) is 4.13. The number of amides is 4. The summed E-state index contributed by atoms with van der Waals surface area (Å²) in [5.74, 6) is 1.85. The van der Waals surface area contributed by atoms with Gasteiger partial charge in [-0.15, -0.1) is 0 Å². The van der Waals surface area contributed by atoms with Crippen molar-refractivity contribution < 1.29 is 51.8 Å². The molecule has 7 heterocycles. The third kappa shape index (κ3) is 16.4. The molecule has 0 radical (unpaired) electrons. The highest BCUT2D eigenvalue weighted by molar-refractivity contribution is 6.62. The molecule has 2 atom stereocenters. The van der Waals surface area contributed by atoms with Gasteiger partial charge in [0.1, 0.15) is 11.6 Å². The summed E-state index contributed by atoms with van der Waals surface area (Å²) in [5.41, 5.74) is 7.11. The van der Waals surface area contributed by atoms with E-state index in [1.807, 2.05) is 75.9 Å². The van der Waals surface area contributed by atoms with Gasteiger partial charge in [0.15, 0.2) is 0 Å². The van der Waals surface area contributed by atoms with Gasteiger partial charge in [-0.3, -0.25) is 0 Å². The number of nitrogens with one attached hydrogen (secondary N) is 2.